The van der Waals surface area contributed by atoms with Gasteiger partial charge >= 0.3 is 16.4 Å². The van der Waals surface area contributed by atoms with Crippen LogP contribution in [0, 0.1) is 0 Å². The lowest BCUT2D eigenvalue weighted by atomic mass is 10.0. The highest BCUT2D eigenvalue weighted by Crippen LogP contribution is 2.22. The summed E-state index contributed by atoms with van der Waals surface area (Å²) < 4.78 is 35.8. The Bertz CT molecular complexity index is 645. The number of carbonyl (C=O) groups excluding carboxylic acids is 2. The summed E-state index contributed by atoms with van der Waals surface area (Å²) in [4.78, 5) is 23.1. The highest BCUT2D eigenvalue weighted by atomic mass is 32.2. The quantitative estimate of drug-likeness (QED) is 0.611. The van der Waals surface area contributed by atoms with Gasteiger partial charge in [0.2, 0.25) is 0 Å². The summed E-state index contributed by atoms with van der Waals surface area (Å²) in [5.41, 5.74) is 0.778. The Labute approximate surface area is 121 Å². The van der Waals surface area contributed by atoms with Crippen LogP contribution >= 0.6 is 0 Å². The molecular weight excluding hydrogens is 300 g/mol. The van der Waals surface area contributed by atoms with Crippen molar-refractivity contribution in [2.75, 3.05) is 0 Å². The molecule has 1 fully saturated rings. The van der Waals surface area contributed by atoms with Gasteiger partial charge in [-0.25, -0.2) is 9.10 Å². The van der Waals surface area contributed by atoms with Crippen LogP contribution in [0.3, 0.4) is 0 Å². The van der Waals surface area contributed by atoms with Crippen molar-refractivity contribution in [2.24, 2.45) is 0 Å². The maximum absolute atomic E-state index is 11.6. The van der Waals surface area contributed by atoms with Crippen LogP contribution in [0.25, 0.3) is 0 Å². The summed E-state index contributed by atoms with van der Waals surface area (Å²) >= 11 is 0. The minimum absolute atomic E-state index is 0.0317. The number of hydrogen-bond donors (Lipinski definition) is 2. The Morgan fingerprint density at radius 2 is 2.00 bits per heavy atom. The molecule has 0 unspecified atom stereocenters. The molecule has 9 heteroatoms. The Morgan fingerprint density at radius 1 is 1.38 bits per heavy atom. The SMILES string of the molecule is C[C@H]1[C@@H](NC(=O)OCc2ccccc2)C(=O)N1S(=O)(=O)O. The minimum Gasteiger partial charge on any atom is -0.445 e. The number of alkyl carbamates (subject to hydrolysis) is 1. The highest BCUT2D eigenvalue weighted by molar-refractivity contribution is 7.84. The number of nitrogens with one attached hydrogen (secondary N) is 1. The molecule has 1 saturated heterocycles. The number of benzene rings is 1. The van der Waals surface area contributed by atoms with E-state index in [-0.39, 0.29) is 6.61 Å². The van der Waals surface area contributed by atoms with E-state index in [2.05, 4.69) is 5.32 Å². The highest BCUT2D eigenvalue weighted by Gasteiger charge is 2.51. The summed E-state index contributed by atoms with van der Waals surface area (Å²) in [5, 5.41) is 2.26. The van der Waals surface area contributed by atoms with Gasteiger partial charge in [0.25, 0.3) is 5.91 Å². The zero-order valence-electron chi connectivity index (χ0n) is 11.1. The lowest BCUT2D eigenvalue weighted by Crippen LogP contribution is -2.70. The lowest BCUT2D eigenvalue weighted by Gasteiger charge is -2.41. The van der Waals surface area contributed by atoms with E-state index in [4.69, 9.17) is 9.29 Å². The van der Waals surface area contributed by atoms with E-state index >= 15 is 0 Å². The molecule has 1 aliphatic heterocycles. The summed E-state index contributed by atoms with van der Waals surface area (Å²) in [6.45, 7) is 1.42. The topological polar surface area (TPSA) is 113 Å². The molecular formula is C12H14N2O6S. The number of amides is 2. The van der Waals surface area contributed by atoms with Crippen molar-refractivity contribution < 1.29 is 27.3 Å². The Morgan fingerprint density at radius 3 is 2.52 bits per heavy atom. The van der Waals surface area contributed by atoms with Gasteiger partial charge in [0.1, 0.15) is 12.6 Å². The molecule has 0 aliphatic carbocycles. The second kappa shape index (κ2) is 5.70. The number of ether oxygens (including phenoxy) is 1. The maximum atomic E-state index is 11.6. The first-order valence-electron chi connectivity index (χ1n) is 6.08. The summed E-state index contributed by atoms with van der Waals surface area (Å²) in [7, 11) is -4.60. The zero-order valence-corrected chi connectivity index (χ0v) is 11.9. The molecule has 2 atom stereocenters. The fourth-order valence-corrected chi connectivity index (χ4v) is 2.88. The second-order valence-corrected chi connectivity index (χ2v) is 5.83. The molecule has 114 valence electrons. The Kier molecular flexibility index (Phi) is 4.14. The number of rotatable bonds is 4. The van der Waals surface area contributed by atoms with Crippen molar-refractivity contribution in [1.29, 1.82) is 0 Å². The molecule has 2 amide bonds. The summed E-state index contributed by atoms with van der Waals surface area (Å²) in [6.07, 6.45) is -0.834. The molecule has 0 saturated carbocycles. The van der Waals surface area contributed by atoms with Gasteiger partial charge in [0.05, 0.1) is 6.04 Å². The third-order valence-electron chi connectivity index (χ3n) is 3.07. The van der Waals surface area contributed by atoms with Crippen molar-refractivity contribution in [3.8, 4) is 0 Å². The molecule has 0 spiro atoms. The van der Waals surface area contributed by atoms with Crippen LogP contribution < -0.4 is 5.32 Å². The predicted molar refractivity (Wildman–Crippen MR) is 71.4 cm³/mol. The van der Waals surface area contributed by atoms with E-state index in [1.165, 1.54) is 6.92 Å². The molecule has 1 aromatic rings. The van der Waals surface area contributed by atoms with Gasteiger partial charge < -0.3 is 10.1 Å². The van der Waals surface area contributed by atoms with Crippen LogP contribution in [0.1, 0.15) is 12.5 Å². The van der Waals surface area contributed by atoms with Crippen LogP contribution in [0.15, 0.2) is 30.3 Å². The number of carbonyl (C=O) groups is 2. The van der Waals surface area contributed by atoms with E-state index in [1.54, 1.807) is 24.3 Å². The van der Waals surface area contributed by atoms with Crippen LogP contribution in [0.5, 0.6) is 0 Å². The number of hydrogen-bond acceptors (Lipinski definition) is 5. The van der Waals surface area contributed by atoms with E-state index in [0.29, 0.717) is 4.31 Å². The first-order chi connectivity index (χ1) is 9.80. The van der Waals surface area contributed by atoms with Gasteiger partial charge in [-0.15, -0.1) is 0 Å². The van der Waals surface area contributed by atoms with Gasteiger partial charge in [-0.05, 0) is 12.5 Å². The van der Waals surface area contributed by atoms with E-state index in [0.717, 1.165) is 5.56 Å². The van der Waals surface area contributed by atoms with Crippen molar-refractivity contribution >= 4 is 22.3 Å². The third-order valence-corrected chi connectivity index (χ3v) is 4.08. The van der Waals surface area contributed by atoms with E-state index in [1.807, 2.05) is 6.07 Å². The molecule has 1 heterocycles. The van der Waals surface area contributed by atoms with Gasteiger partial charge in [0.15, 0.2) is 0 Å². The first-order valence-corrected chi connectivity index (χ1v) is 7.48. The van der Waals surface area contributed by atoms with Crippen molar-refractivity contribution in [3.63, 3.8) is 0 Å². The van der Waals surface area contributed by atoms with E-state index < -0.39 is 34.4 Å². The van der Waals surface area contributed by atoms with Crippen molar-refractivity contribution in [1.82, 2.24) is 9.62 Å². The van der Waals surface area contributed by atoms with Crippen LogP contribution in [0.4, 0.5) is 4.79 Å². The fraction of sp³-hybridized carbons (Fsp3) is 0.333. The molecule has 2 rings (SSSR count). The molecule has 1 aliphatic rings. The number of nitrogens with zero attached hydrogens (tertiary/aromatic N) is 1. The van der Waals surface area contributed by atoms with E-state index in [9.17, 15) is 18.0 Å². The average molecular weight is 314 g/mol. The van der Waals surface area contributed by atoms with Crippen LogP contribution in [-0.4, -0.2) is 41.4 Å². The predicted octanol–water partition coefficient (Wildman–Crippen LogP) is 0.315. The normalized spacial score (nSPS) is 21.6. The van der Waals surface area contributed by atoms with Gasteiger partial charge in [-0.3, -0.25) is 9.35 Å². The molecule has 0 radical (unpaired) electrons. The van der Waals surface area contributed by atoms with Gasteiger partial charge in [-0.1, -0.05) is 30.3 Å². The molecule has 2 N–H and O–H groups in total. The molecule has 0 aromatic heterocycles. The van der Waals surface area contributed by atoms with Gasteiger partial charge in [0, 0.05) is 0 Å². The minimum atomic E-state index is -4.60. The third kappa shape index (κ3) is 3.31. The summed E-state index contributed by atoms with van der Waals surface area (Å²) in [6, 6.07) is 7.04. The monoisotopic (exact) mass is 314 g/mol. The van der Waals surface area contributed by atoms with Crippen LogP contribution in [0.2, 0.25) is 0 Å². The van der Waals surface area contributed by atoms with Crippen LogP contribution in [-0.2, 0) is 26.4 Å². The van der Waals surface area contributed by atoms with Crippen molar-refractivity contribution in [2.45, 2.75) is 25.6 Å². The Balaban J connectivity index is 1.86. The number of β-lactam (4-membered cyclic amide) rings is 1. The first kappa shape index (κ1) is 15.3. The van der Waals surface area contributed by atoms with Gasteiger partial charge in [-0.2, -0.15) is 8.42 Å². The van der Waals surface area contributed by atoms with Crippen molar-refractivity contribution in [3.05, 3.63) is 35.9 Å². The average Bonchev–Trinajstić information content (AvgIpc) is 2.42. The standard InChI is InChI=1S/C12H14N2O6S/c1-8-10(11(15)14(8)21(17,18)19)13-12(16)20-7-9-5-3-2-4-6-9/h2-6,8,10H,7H2,1H3,(H,13,16)(H,17,18,19)/t8-,10+/m0/s1. The second-order valence-electron chi connectivity index (χ2n) is 4.54. The fourth-order valence-electron chi connectivity index (χ4n) is 2.00. The maximum Gasteiger partial charge on any atom is 0.408 e. The largest absolute Gasteiger partial charge is 0.445 e. The molecule has 0 bridgehead atoms. The molecule has 21 heavy (non-hydrogen) atoms. The molecule has 8 nitrogen and oxygen atoms in total. The summed E-state index contributed by atoms with van der Waals surface area (Å²) in [5.74, 6) is -0.901. The zero-order chi connectivity index (χ0) is 15.6. The smallest absolute Gasteiger partial charge is 0.408 e. The lowest BCUT2D eigenvalue weighted by molar-refractivity contribution is -0.141. The molecule has 1 aromatic carbocycles. The Hall–Kier alpha value is -2.13.